The van der Waals surface area contributed by atoms with Gasteiger partial charge in [0.05, 0.1) is 12.1 Å². The summed E-state index contributed by atoms with van der Waals surface area (Å²) < 4.78 is 5.25. The van der Waals surface area contributed by atoms with Gasteiger partial charge >= 0.3 is 5.97 Å². The van der Waals surface area contributed by atoms with Crippen LogP contribution in [0.15, 0.2) is 60.2 Å². The average molecular weight is 296 g/mol. The highest BCUT2D eigenvalue weighted by atomic mass is 32.1. The lowest BCUT2D eigenvalue weighted by Gasteiger charge is -2.02. The second-order valence-electron chi connectivity index (χ2n) is 4.35. The molecule has 5 heteroatoms. The number of pyridine rings is 1. The molecule has 0 N–H and O–H groups in total. The standard InChI is InChI=1S/C16H12N2O2S/c19-15(20-14-6-2-1-3-7-14)9-13-11-21-16(18-13)12-5-4-8-17-10-12/h1-8,10-11H,9H2. The molecule has 21 heavy (non-hydrogen) atoms. The van der Waals surface area contributed by atoms with Crippen LogP contribution < -0.4 is 4.74 Å². The molecule has 0 saturated carbocycles. The van der Waals surface area contributed by atoms with Crippen molar-refractivity contribution in [3.63, 3.8) is 0 Å². The zero-order valence-electron chi connectivity index (χ0n) is 11.1. The average Bonchev–Trinajstić information content (AvgIpc) is 2.97. The van der Waals surface area contributed by atoms with E-state index in [0.29, 0.717) is 11.4 Å². The van der Waals surface area contributed by atoms with Gasteiger partial charge in [-0.3, -0.25) is 9.78 Å². The van der Waals surface area contributed by atoms with Crippen molar-refractivity contribution in [1.82, 2.24) is 9.97 Å². The molecule has 1 aromatic carbocycles. The van der Waals surface area contributed by atoms with Crippen molar-refractivity contribution in [1.29, 1.82) is 0 Å². The summed E-state index contributed by atoms with van der Waals surface area (Å²) in [5.41, 5.74) is 1.66. The molecule has 0 aliphatic rings. The maximum absolute atomic E-state index is 11.9. The molecule has 0 amide bonds. The van der Waals surface area contributed by atoms with E-state index >= 15 is 0 Å². The predicted molar refractivity (Wildman–Crippen MR) is 81.1 cm³/mol. The van der Waals surface area contributed by atoms with E-state index in [1.54, 1.807) is 24.5 Å². The number of rotatable bonds is 4. The summed E-state index contributed by atoms with van der Waals surface area (Å²) in [5.74, 6) is 0.231. The fraction of sp³-hybridized carbons (Fsp3) is 0.0625. The largest absolute Gasteiger partial charge is 0.426 e. The Morgan fingerprint density at radius 1 is 1.14 bits per heavy atom. The summed E-state index contributed by atoms with van der Waals surface area (Å²) in [6.45, 7) is 0. The van der Waals surface area contributed by atoms with E-state index < -0.39 is 0 Å². The first-order valence-electron chi connectivity index (χ1n) is 6.42. The number of nitrogens with zero attached hydrogens (tertiary/aromatic N) is 2. The summed E-state index contributed by atoms with van der Waals surface area (Å²) in [6, 6.07) is 12.8. The Bertz CT molecular complexity index is 726. The van der Waals surface area contributed by atoms with Crippen LogP contribution in [0.2, 0.25) is 0 Å². The number of carbonyl (C=O) groups excluding carboxylic acids is 1. The number of benzene rings is 1. The van der Waals surface area contributed by atoms with Gasteiger partial charge < -0.3 is 4.74 Å². The number of thiazole rings is 1. The maximum Gasteiger partial charge on any atom is 0.317 e. The van der Waals surface area contributed by atoms with Gasteiger partial charge in [0.15, 0.2) is 0 Å². The van der Waals surface area contributed by atoms with Crippen molar-refractivity contribution in [2.75, 3.05) is 0 Å². The molecule has 4 nitrogen and oxygen atoms in total. The van der Waals surface area contributed by atoms with E-state index in [4.69, 9.17) is 4.74 Å². The Morgan fingerprint density at radius 3 is 2.76 bits per heavy atom. The second-order valence-corrected chi connectivity index (χ2v) is 5.21. The van der Waals surface area contributed by atoms with E-state index in [-0.39, 0.29) is 12.4 Å². The zero-order valence-corrected chi connectivity index (χ0v) is 11.9. The van der Waals surface area contributed by atoms with Gasteiger partial charge in [-0.2, -0.15) is 0 Å². The third-order valence-corrected chi connectivity index (χ3v) is 3.70. The highest BCUT2D eigenvalue weighted by Crippen LogP contribution is 2.23. The highest BCUT2D eigenvalue weighted by molar-refractivity contribution is 7.13. The molecule has 0 bridgehead atoms. The molecular weight excluding hydrogens is 284 g/mol. The minimum Gasteiger partial charge on any atom is -0.426 e. The van der Waals surface area contributed by atoms with Crippen LogP contribution in [0.1, 0.15) is 5.69 Å². The molecule has 3 aromatic rings. The van der Waals surface area contributed by atoms with Gasteiger partial charge in [0, 0.05) is 23.3 Å². The monoisotopic (exact) mass is 296 g/mol. The van der Waals surface area contributed by atoms with Crippen LogP contribution in [-0.4, -0.2) is 15.9 Å². The number of esters is 1. The van der Waals surface area contributed by atoms with Crippen LogP contribution in [0.3, 0.4) is 0 Å². The first-order chi connectivity index (χ1) is 10.3. The normalized spacial score (nSPS) is 10.3. The van der Waals surface area contributed by atoms with Crippen molar-refractivity contribution < 1.29 is 9.53 Å². The first-order valence-corrected chi connectivity index (χ1v) is 7.30. The van der Waals surface area contributed by atoms with E-state index in [1.165, 1.54) is 11.3 Å². The number of hydrogen-bond donors (Lipinski definition) is 0. The van der Waals surface area contributed by atoms with E-state index in [9.17, 15) is 4.79 Å². The third-order valence-electron chi connectivity index (χ3n) is 2.76. The minimum absolute atomic E-state index is 0.158. The Labute approximate surface area is 126 Å². The molecule has 0 radical (unpaired) electrons. The molecule has 0 unspecified atom stereocenters. The van der Waals surface area contributed by atoms with Crippen molar-refractivity contribution >= 4 is 17.3 Å². The van der Waals surface area contributed by atoms with Crippen molar-refractivity contribution in [3.8, 4) is 16.3 Å². The quantitative estimate of drug-likeness (QED) is 0.547. The van der Waals surface area contributed by atoms with E-state index in [1.807, 2.05) is 35.7 Å². The summed E-state index contributed by atoms with van der Waals surface area (Å²) in [5, 5.41) is 2.72. The minimum atomic E-state index is -0.316. The fourth-order valence-corrected chi connectivity index (χ4v) is 2.62. The first kappa shape index (κ1) is 13.5. The van der Waals surface area contributed by atoms with Crippen molar-refractivity contribution in [3.05, 3.63) is 65.9 Å². The summed E-state index contributed by atoms with van der Waals surface area (Å²) in [6.07, 6.45) is 3.63. The Balaban J connectivity index is 1.66. The number of hydrogen-bond acceptors (Lipinski definition) is 5. The van der Waals surface area contributed by atoms with Crippen LogP contribution in [0.25, 0.3) is 10.6 Å². The molecule has 0 aliphatic heterocycles. The van der Waals surface area contributed by atoms with Gasteiger partial charge in [-0.15, -0.1) is 11.3 Å². The summed E-state index contributed by atoms with van der Waals surface area (Å²) in [4.78, 5) is 20.4. The van der Waals surface area contributed by atoms with Crippen LogP contribution in [0.4, 0.5) is 0 Å². The lowest BCUT2D eigenvalue weighted by Crippen LogP contribution is -2.11. The number of aromatic nitrogens is 2. The molecule has 104 valence electrons. The Hall–Kier alpha value is -2.53. The Morgan fingerprint density at radius 2 is 2.00 bits per heavy atom. The van der Waals surface area contributed by atoms with Gasteiger partial charge in [-0.1, -0.05) is 18.2 Å². The number of ether oxygens (including phenoxy) is 1. The van der Waals surface area contributed by atoms with Crippen LogP contribution >= 0.6 is 11.3 Å². The highest BCUT2D eigenvalue weighted by Gasteiger charge is 2.10. The predicted octanol–water partition coefficient (Wildman–Crippen LogP) is 3.35. The maximum atomic E-state index is 11.9. The number of para-hydroxylation sites is 1. The van der Waals surface area contributed by atoms with Gasteiger partial charge in [0.2, 0.25) is 0 Å². The molecule has 0 fully saturated rings. The van der Waals surface area contributed by atoms with Crippen molar-refractivity contribution in [2.45, 2.75) is 6.42 Å². The summed E-state index contributed by atoms with van der Waals surface area (Å²) >= 11 is 1.49. The molecule has 0 saturated heterocycles. The molecule has 2 aromatic heterocycles. The second kappa shape index (κ2) is 6.28. The van der Waals surface area contributed by atoms with Gasteiger partial charge in [0.25, 0.3) is 0 Å². The fourth-order valence-electron chi connectivity index (χ4n) is 1.81. The topological polar surface area (TPSA) is 52.1 Å². The molecule has 2 heterocycles. The van der Waals surface area contributed by atoms with Gasteiger partial charge in [-0.05, 0) is 24.3 Å². The lowest BCUT2D eigenvalue weighted by atomic mass is 10.3. The molecule has 0 spiro atoms. The molecular formula is C16H12N2O2S. The van der Waals surface area contributed by atoms with Crippen LogP contribution in [0.5, 0.6) is 5.75 Å². The van der Waals surface area contributed by atoms with Crippen LogP contribution in [-0.2, 0) is 11.2 Å². The Kier molecular flexibility index (Phi) is 4.02. The SMILES string of the molecule is O=C(Cc1csc(-c2cccnc2)n1)Oc1ccccc1. The molecule has 3 rings (SSSR count). The third kappa shape index (κ3) is 3.52. The van der Waals surface area contributed by atoms with Gasteiger partial charge in [-0.25, -0.2) is 4.98 Å². The van der Waals surface area contributed by atoms with Gasteiger partial charge in [0.1, 0.15) is 10.8 Å². The van der Waals surface area contributed by atoms with E-state index in [0.717, 1.165) is 10.6 Å². The zero-order chi connectivity index (χ0) is 14.5. The summed E-state index contributed by atoms with van der Waals surface area (Å²) in [7, 11) is 0. The van der Waals surface area contributed by atoms with Crippen LogP contribution in [0, 0.1) is 0 Å². The van der Waals surface area contributed by atoms with Crippen molar-refractivity contribution in [2.24, 2.45) is 0 Å². The number of carbonyl (C=O) groups is 1. The van der Waals surface area contributed by atoms with E-state index in [2.05, 4.69) is 9.97 Å². The molecule has 0 aliphatic carbocycles. The molecule has 0 atom stereocenters. The smallest absolute Gasteiger partial charge is 0.317 e. The lowest BCUT2D eigenvalue weighted by molar-refractivity contribution is -0.133.